The molecule has 9 heteroatoms. The van der Waals surface area contributed by atoms with Crippen molar-refractivity contribution in [3.05, 3.63) is 30.2 Å². The number of hydrogen-bond donors (Lipinski definition) is 3. The first kappa shape index (κ1) is 21.4. The standard InChI is InChI=1S/C21H26N4O5/c1-3-30-20(27)16-7-5-4-6-13(12-26)19-22-11-18(25-19)15-9-8-14(10-17(15)24-16)23-21(28)29-2/h8-13,16,24H,3-7H2,1-2H3,(H,22,25)(H,23,28). The second-order valence-electron chi connectivity index (χ2n) is 7.04. The number of nitrogens with zero attached hydrogens (tertiary/aromatic N) is 1. The highest BCUT2D eigenvalue weighted by atomic mass is 16.5. The van der Waals surface area contributed by atoms with E-state index < -0.39 is 12.1 Å². The molecule has 0 saturated heterocycles. The number of carbonyl (C=O) groups is 3. The number of nitrogens with one attached hydrogen (secondary N) is 3. The van der Waals surface area contributed by atoms with E-state index in [0.717, 1.165) is 24.7 Å². The van der Waals surface area contributed by atoms with Gasteiger partial charge >= 0.3 is 12.1 Å². The predicted molar refractivity (Wildman–Crippen MR) is 111 cm³/mol. The molecule has 3 rings (SSSR count). The van der Waals surface area contributed by atoms with Gasteiger partial charge in [0.05, 0.1) is 31.5 Å². The van der Waals surface area contributed by atoms with Crippen LogP contribution in [0.2, 0.25) is 0 Å². The second-order valence-corrected chi connectivity index (χ2v) is 7.04. The number of rotatable bonds is 4. The van der Waals surface area contributed by atoms with E-state index in [9.17, 15) is 14.4 Å². The highest BCUT2D eigenvalue weighted by Gasteiger charge is 2.24. The summed E-state index contributed by atoms with van der Waals surface area (Å²) in [6.07, 6.45) is 4.69. The fourth-order valence-corrected chi connectivity index (χ4v) is 3.47. The molecule has 1 aliphatic rings. The van der Waals surface area contributed by atoms with Crippen LogP contribution in [0.3, 0.4) is 0 Å². The minimum absolute atomic E-state index is 0.283. The van der Waals surface area contributed by atoms with Crippen LogP contribution in [-0.4, -0.2) is 48.1 Å². The molecule has 160 valence electrons. The Morgan fingerprint density at radius 2 is 2.10 bits per heavy atom. The fraction of sp³-hybridized carbons (Fsp3) is 0.429. The lowest BCUT2D eigenvalue weighted by molar-refractivity contribution is -0.144. The van der Waals surface area contributed by atoms with Crippen LogP contribution in [0.5, 0.6) is 0 Å². The van der Waals surface area contributed by atoms with Gasteiger partial charge in [-0.25, -0.2) is 14.6 Å². The van der Waals surface area contributed by atoms with Crippen molar-refractivity contribution in [3.63, 3.8) is 0 Å². The summed E-state index contributed by atoms with van der Waals surface area (Å²) in [4.78, 5) is 43.3. The first-order chi connectivity index (χ1) is 14.5. The topological polar surface area (TPSA) is 122 Å². The van der Waals surface area contributed by atoms with Crippen molar-refractivity contribution in [3.8, 4) is 11.3 Å². The summed E-state index contributed by atoms with van der Waals surface area (Å²) in [5, 5.41) is 5.90. The van der Waals surface area contributed by atoms with E-state index in [1.54, 1.807) is 31.3 Å². The van der Waals surface area contributed by atoms with E-state index in [1.807, 2.05) is 0 Å². The molecule has 0 aliphatic carbocycles. The number of fused-ring (bicyclic) bond motifs is 4. The number of ether oxygens (including phenoxy) is 2. The molecule has 1 aliphatic heterocycles. The molecular weight excluding hydrogens is 388 g/mol. The van der Waals surface area contributed by atoms with E-state index in [1.165, 1.54) is 7.11 Å². The van der Waals surface area contributed by atoms with Gasteiger partial charge in [0, 0.05) is 16.9 Å². The highest BCUT2D eigenvalue weighted by molar-refractivity contribution is 5.89. The lowest BCUT2D eigenvalue weighted by Gasteiger charge is -2.21. The predicted octanol–water partition coefficient (Wildman–Crippen LogP) is 3.46. The number of anilines is 2. The number of methoxy groups -OCH3 is 1. The van der Waals surface area contributed by atoms with E-state index in [4.69, 9.17) is 4.74 Å². The van der Waals surface area contributed by atoms with Crippen LogP contribution >= 0.6 is 0 Å². The highest BCUT2D eigenvalue weighted by Crippen LogP contribution is 2.33. The van der Waals surface area contributed by atoms with Crippen LogP contribution in [-0.2, 0) is 19.1 Å². The SMILES string of the molecule is CCOC(=O)C1CCCCC(C=O)c2ncc([nH]2)-c2ccc(NC(=O)OC)cc2N1. The van der Waals surface area contributed by atoms with E-state index in [-0.39, 0.29) is 18.5 Å². The van der Waals surface area contributed by atoms with Crippen LogP contribution in [0, 0.1) is 0 Å². The molecule has 0 spiro atoms. The van der Waals surface area contributed by atoms with Crippen molar-refractivity contribution in [1.29, 1.82) is 0 Å². The van der Waals surface area contributed by atoms with Gasteiger partial charge in [0.1, 0.15) is 18.2 Å². The smallest absolute Gasteiger partial charge is 0.411 e. The van der Waals surface area contributed by atoms with Gasteiger partial charge in [-0.15, -0.1) is 0 Å². The van der Waals surface area contributed by atoms with E-state index >= 15 is 0 Å². The zero-order valence-corrected chi connectivity index (χ0v) is 17.1. The maximum Gasteiger partial charge on any atom is 0.411 e. The summed E-state index contributed by atoms with van der Waals surface area (Å²) in [5.74, 6) is -0.0507. The van der Waals surface area contributed by atoms with Gasteiger partial charge in [-0.2, -0.15) is 0 Å². The molecule has 2 bridgehead atoms. The summed E-state index contributed by atoms with van der Waals surface area (Å²) in [6, 6.07) is 4.69. The van der Waals surface area contributed by atoms with Crippen molar-refractivity contribution >= 4 is 29.7 Å². The molecule has 1 aromatic heterocycles. The minimum Gasteiger partial charge on any atom is -0.464 e. The molecule has 1 amide bonds. The summed E-state index contributed by atoms with van der Waals surface area (Å²) in [6.45, 7) is 2.05. The normalized spacial score (nSPS) is 18.6. The Hall–Kier alpha value is -3.36. The van der Waals surface area contributed by atoms with Gasteiger partial charge in [0.25, 0.3) is 0 Å². The lowest BCUT2D eigenvalue weighted by Crippen LogP contribution is -2.31. The molecule has 1 aromatic carbocycles. The Labute approximate surface area is 174 Å². The average molecular weight is 414 g/mol. The molecule has 0 fully saturated rings. The van der Waals surface area contributed by atoms with Gasteiger partial charge in [-0.05, 0) is 38.0 Å². The molecule has 0 saturated carbocycles. The number of imidazole rings is 1. The Balaban J connectivity index is 2.04. The molecule has 9 nitrogen and oxygen atoms in total. The maximum absolute atomic E-state index is 12.5. The molecule has 0 radical (unpaired) electrons. The zero-order chi connectivity index (χ0) is 21.5. The van der Waals surface area contributed by atoms with Crippen molar-refractivity contribution in [2.75, 3.05) is 24.4 Å². The number of benzene rings is 1. The Morgan fingerprint density at radius 3 is 2.83 bits per heavy atom. The molecule has 3 N–H and O–H groups in total. The molecular formula is C21H26N4O5. The van der Waals surface area contributed by atoms with E-state index in [0.29, 0.717) is 35.7 Å². The second kappa shape index (κ2) is 9.91. The maximum atomic E-state index is 12.5. The van der Waals surface area contributed by atoms with Crippen molar-refractivity contribution in [2.24, 2.45) is 0 Å². The molecule has 2 unspecified atom stereocenters. The number of hydrogen-bond acceptors (Lipinski definition) is 7. The van der Waals surface area contributed by atoms with Gasteiger partial charge in [-0.3, -0.25) is 5.32 Å². The molecule has 2 heterocycles. The third-order valence-electron chi connectivity index (χ3n) is 5.01. The third kappa shape index (κ3) is 4.97. The lowest BCUT2D eigenvalue weighted by atomic mass is 9.99. The average Bonchev–Trinajstić information content (AvgIpc) is 3.22. The number of aromatic nitrogens is 2. The summed E-state index contributed by atoms with van der Waals surface area (Å²) in [7, 11) is 1.29. The largest absolute Gasteiger partial charge is 0.464 e. The van der Waals surface area contributed by atoms with Crippen LogP contribution in [0.4, 0.5) is 16.2 Å². The van der Waals surface area contributed by atoms with Crippen molar-refractivity contribution < 1.29 is 23.9 Å². The van der Waals surface area contributed by atoms with Crippen LogP contribution in [0.25, 0.3) is 11.3 Å². The van der Waals surface area contributed by atoms with Gasteiger partial charge in [0.15, 0.2) is 0 Å². The van der Waals surface area contributed by atoms with Gasteiger partial charge < -0.3 is 24.6 Å². The number of aldehydes is 1. The zero-order valence-electron chi connectivity index (χ0n) is 17.1. The van der Waals surface area contributed by atoms with Crippen molar-refractivity contribution in [1.82, 2.24) is 9.97 Å². The third-order valence-corrected chi connectivity index (χ3v) is 5.01. The monoisotopic (exact) mass is 414 g/mol. The number of amides is 1. The molecule has 30 heavy (non-hydrogen) atoms. The number of aromatic amines is 1. The molecule has 2 aromatic rings. The minimum atomic E-state index is -0.595. The Morgan fingerprint density at radius 1 is 1.30 bits per heavy atom. The first-order valence-electron chi connectivity index (χ1n) is 9.98. The number of esters is 1. The van der Waals surface area contributed by atoms with Crippen LogP contribution in [0.1, 0.15) is 44.3 Å². The quantitative estimate of drug-likeness (QED) is 0.517. The first-order valence-corrected chi connectivity index (χ1v) is 9.98. The van der Waals surface area contributed by atoms with Crippen molar-refractivity contribution in [2.45, 2.75) is 44.6 Å². The summed E-state index contributed by atoms with van der Waals surface area (Å²) in [5.41, 5.74) is 2.59. The number of H-pyrrole nitrogens is 1. The number of carbonyl (C=O) groups excluding carboxylic acids is 3. The summed E-state index contributed by atoms with van der Waals surface area (Å²) < 4.78 is 9.89. The van der Waals surface area contributed by atoms with Crippen LogP contribution in [0.15, 0.2) is 24.4 Å². The van der Waals surface area contributed by atoms with Gasteiger partial charge in [0.2, 0.25) is 0 Å². The Bertz CT molecular complexity index is 911. The Kier molecular flexibility index (Phi) is 7.05. The van der Waals surface area contributed by atoms with E-state index in [2.05, 4.69) is 25.3 Å². The van der Waals surface area contributed by atoms with Crippen LogP contribution < -0.4 is 10.6 Å². The summed E-state index contributed by atoms with van der Waals surface area (Å²) >= 11 is 0. The fourth-order valence-electron chi connectivity index (χ4n) is 3.47. The molecule has 2 atom stereocenters. The van der Waals surface area contributed by atoms with Gasteiger partial charge in [-0.1, -0.05) is 12.8 Å².